The maximum Gasteiger partial charge on any atom is 0.258 e. The summed E-state index contributed by atoms with van der Waals surface area (Å²) >= 11 is 0. The van der Waals surface area contributed by atoms with Gasteiger partial charge in [-0.1, -0.05) is 6.07 Å². The number of aryl methyl sites for hydroxylation is 1. The second kappa shape index (κ2) is 4.49. The number of nitrogens with zero attached hydrogens (tertiary/aromatic N) is 1. The molecule has 0 bridgehead atoms. The maximum absolute atomic E-state index is 12.0. The first-order valence-corrected chi connectivity index (χ1v) is 5.73. The molecule has 0 saturated carbocycles. The Hall–Kier alpha value is -1.35. The standard InChI is InChI=1S/C14H21NO2/c1-9-7-8-12(11(3)10(9)2)15(6)13(16)14(4,5)17/h7-8,17H,1-6H3. The smallest absolute Gasteiger partial charge is 0.258 e. The summed E-state index contributed by atoms with van der Waals surface area (Å²) in [5.41, 5.74) is 2.96. The number of carbonyl (C=O) groups is 1. The van der Waals surface area contributed by atoms with E-state index >= 15 is 0 Å². The van der Waals surface area contributed by atoms with E-state index in [1.54, 1.807) is 7.05 Å². The molecule has 1 aromatic carbocycles. The van der Waals surface area contributed by atoms with E-state index < -0.39 is 5.60 Å². The van der Waals surface area contributed by atoms with Crippen LogP contribution in [-0.2, 0) is 4.79 Å². The van der Waals surface area contributed by atoms with Crippen LogP contribution < -0.4 is 4.90 Å². The number of benzene rings is 1. The van der Waals surface area contributed by atoms with E-state index in [0.717, 1.165) is 11.3 Å². The average molecular weight is 235 g/mol. The van der Waals surface area contributed by atoms with Gasteiger partial charge < -0.3 is 10.0 Å². The third kappa shape index (κ3) is 2.67. The molecule has 0 aliphatic rings. The lowest BCUT2D eigenvalue weighted by Gasteiger charge is -2.27. The first-order valence-electron chi connectivity index (χ1n) is 5.73. The molecule has 3 nitrogen and oxygen atoms in total. The molecule has 0 spiro atoms. The molecule has 0 aliphatic heterocycles. The van der Waals surface area contributed by atoms with Crippen molar-refractivity contribution < 1.29 is 9.90 Å². The van der Waals surface area contributed by atoms with Crippen molar-refractivity contribution in [2.24, 2.45) is 0 Å². The molecule has 0 heterocycles. The Bertz CT molecular complexity index is 444. The first kappa shape index (κ1) is 13.7. The molecule has 0 aliphatic carbocycles. The van der Waals surface area contributed by atoms with Gasteiger partial charge in [-0.2, -0.15) is 0 Å². The minimum absolute atomic E-state index is 0.302. The SMILES string of the molecule is Cc1ccc(N(C)C(=O)C(C)(C)O)c(C)c1C. The summed E-state index contributed by atoms with van der Waals surface area (Å²) in [5, 5.41) is 9.74. The third-order valence-electron chi connectivity index (χ3n) is 3.22. The van der Waals surface area contributed by atoms with Gasteiger partial charge in [0.15, 0.2) is 0 Å². The van der Waals surface area contributed by atoms with Crippen LogP contribution in [0.1, 0.15) is 30.5 Å². The van der Waals surface area contributed by atoms with E-state index in [0.29, 0.717) is 0 Å². The number of likely N-dealkylation sites (N-methyl/N-ethyl adjacent to an activating group) is 1. The molecular formula is C14H21NO2. The van der Waals surface area contributed by atoms with Crippen LogP contribution in [0.4, 0.5) is 5.69 Å². The largest absolute Gasteiger partial charge is 0.381 e. The highest BCUT2D eigenvalue weighted by Gasteiger charge is 2.28. The fourth-order valence-corrected chi connectivity index (χ4v) is 1.82. The highest BCUT2D eigenvalue weighted by molar-refractivity contribution is 5.99. The minimum Gasteiger partial charge on any atom is -0.381 e. The van der Waals surface area contributed by atoms with E-state index in [4.69, 9.17) is 0 Å². The van der Waals surface area contributed by atoms with Crippen molar-refractivity contribution in [2.45, 2.75) is 40.2 Å². The van der Waals surface area contributed by atoms with Crippen molar-refractivity contribution in [3.63, 3.8) is 0 Å². The highest BCUT2D eigenvalue weighted by atomic mass is 16.3. The Labute approximate surface area is 103 Å². The fourth-order valence-electron chi connectivity index (χ4n) is 1.82. The van der Waals surface area contributed by atoms with Gasteiger partial charge in [0.25, 0.3) is 5.91 Å². The number of carbonyl (C=O) groups excluding carboxylic acids is 1. The van der Waals surface area contributed by atoms with Gasteiger partial charge in [0.05, 0.1) is 0 Å². The van der Waals surface area contributed by atoms with Crippen molar-refractivity contribution >= 4 is 11.6 Å². The predicted octanol–water partition coefficient (Wildman–Crippen LogP) is 2.35. The van der Waals surface area contributed by atoms with Crippen molar-refractivity contribution in [2.75, 3.05) is 11.9 Å². The summed E-state index contributed by atoms with van der Waals surface area (Å²) in [4.78, 5) is 13.5. The average Bonchev–Trinajstić information content (AvgIpc) is 2.23. The minimum atomic E-state index is -1.35. The van der Waals surface area contributed by atoms with Gasteiger partial charge in [0.1, 0.15) is 5.60 Å². The van der Waals surface area contributed by atoms with Crippen LogP contribution >= 0.6 is 0 Å². The van der Waals surface area contributed by atoms with Crippen LogP contribution in [-0.4, -0.2) is 23.7 Å². The van der Waals surface area contributed by atoms with Gasteiger partial charge in [-0.25, -0.2) is 0 Å². The van der Waals surface area contributed by atoms with Crippen LogP contribution in [0.5, 0.6) is 0 Å². The number of anilines is 1. The molecule has 1 rings (SSSR count). The molecule has 0 aromatic heterocycles. The zero-order chi connectivity index (χ0) is 13.4. The van der Waals surface area contributed by atoms with E-state index in [1.807, 2.05) is 32.9 Å². The van der Waals surface area contributed by atoms with E-state index in [-0.39, 0.29) is 5.91 Å². The van der Waals surface area contributed by atoms with Gasteiger partial charge in [0, 0.05) is 12.7 Å². The van der Waals surface area contributed by atoms with Crippen molar-refractivity contribution in [1.29, 1.82) is 0 Å². The summed E-state index contributed by atoms with van der Waals surface area (Å²) in [7, 11) is 1.69. The molecule has 1 aromatic rings. The Morgan fingerprint density at radius 2 is 1.71 bits per heavy atom. The first-order chi connectivity index (χ1) is 7.66. The Morgan fingerprint density at radius 3 is 2.18 bits per heavy atom. The van der Waals surface area contributed by atoms with Crippen LogP contribution in [0.25, 0.3) is 0 Å². The zero-order valence-electron chi connectivity index (χ0n) is 11.5. The molecule has 0 fully saturated rings. The van der Waals surface area contributed by atoms with Crippen molar-refractivity contribution in [3.05, 3.63) is 28.8 Å². The summed E-state index contributed by atoms with van der Waals surface area (Å²) in [5.74, 6) is -0.302. The van der Waals surface area contributed by atoms with E-state index in [9.17, 15) is 9.90 Å². The molecular weight excluding hydrogens is 214 g/mol. The van der Waals surface area contributed by atoms with E-state index in [2.05, 4.69) is 0 Å². The Morgan fingerprint density at radius 1 is 1.18 bits per heavy atom. The Balaban J connectivity index is 3.19. The Kier molecular flexibility index (Phi) is 3.62. The molecule has 1 N–H and O–H groups in total. The monoisotopic (exact) mass is 235 g/mol. The topological polar surface area (TPSA) is 40.5 Å². The predicted molar refractivity (Wildman–Crippen MR) is 70.4 cm³/mol. The van der Waals surface area contributed by atoms with Gasteiger partial charge >= 0.3 is 0 Å². The molecule has 0 atom stereocenters. The molecule has 1 amide bonds. The zero-order valence-corrected chi connectivity index (χ0v) is 11.5. The lowest BCUT2D eigenvalue weighted by atomic mass is 10.0. The van der Waals surface area contributed by atoms with Gasteiger partial charge in [-0.05, 0) is 57.4 Å². The van der Waals surface area contributed by atoms with Gasteiger partial charge in [-0.15, -0.1) is 0 Å². The molecule has 17 heavy (non-hydrogen) atoms. The number of hydrogen-bond donors (Lipinski definition) is 1. The number of rotatable bonds is 2. The lowest BCUT2D eigenvalue weighted by Crippen LogP contribution is -2.43. The van der Waals surface area contributed by atoms with Gasteiger partial charge in [-0.3, -0.25) is 4.79 Å². The number of amides is 1. The van der Waals surface area contributed by atoms with Crippen molar-refractivity contribution in [1.82, 2.24) is 0 Å². The van der Waals surface area contributed by atoms with Crippen LogP contribution in [0.2, 0.25) is 0 Å². The molecule has 0 radical (unpaired) electrons. The lowest BCUT2D eigenvalue weighted by molar-refractivity contribution is -0.133. The summed E-state index contributed by atoms with van der Waals surface area (Å²) < 4.78 is 0. The summed E-state index contributed by atoms with van der Waals surface area (Å²) in [6, 6.07) is 3.91. The number of hydrogen-bond acceptors (Lipinski definition) is 2. The molecule has 0 unspecified atom stereocenters. The second-order valence-electron chi connectivity index (χ2n) is 5.07. The quantitative estimate of drug-likeness (QED) is 0.854. The highest BCUT2D eigenvalue weighted by Crippen LogP contribution is 2.26. The molecule has 3 heteroatoms. The number of aliphatic hydroxyl groups is 1. The van der Waals surface area contributed by atoms with Gasteiger partial charge in [0.2, 0.25) is 0 Å². The maximum atomic E-state index is 12.0. The normalized spacial score (nSPS) is 11.5. The molecule has 0 saturated heterocycles. The fraction of sp³-hybridized carbons (Fsp3) is 0.500. The second-order valence-corrected chi connectivity index (χ2v) is 5.07. The summed E-state index contributed by atoms with van der Waals surface area (Å²) in [6.45, 7) is 9.08. The summed E-state index contributed by atoms with van der Waals surface area (Å²) in [6.07, 6.45) is 0. The van der Waals surface area contributed by atoms with Crippen LogP contribution in [0, 0.1) is 20.8 Å². The third-order valence-corrected chi connectivity index (χ3v) is 3.22. The van der Waals surface area contributed by atoms with Crippen LogP contribution in [0.15, 0.2) is 12.1 Å². The molecule has 94 valence electrons. The van der Waals surface area contributed by atoms with Crippen molar-refractivity contribution in [3.8, 4) is 0 Å². The van der Waals surface area contributed by atoms with E-state index in [1.165, 1.54) is 29.9 Å². The van der Waals surface area contributed by atoms with Crippen LogP contribution in [0.3, 0.4) is 0 Å².